The minimum Gasteiger partial charge on any atom is -0.406 e. The monoisotopic (exact) mass is 510 g/mol. The normalized spacial score (nSPS) is 19.3. The van der Waals surface area contributed by atoms with Crippen molar-refractivity contribution in [3.63, 3.8) is 0 Å². The number of aromatic nitrogens is 1. The summed E-state index contributed by atoms with van der Waals surface area (Å²) < 4.78 is 41.5. The van der Waals surface area contributed by atoms with Crippen molar-refractivity contribution >= 4 is 34.2 Å². The Hall–Kier alpha value is -3.82. The average Bonchev–Trinajstić information content (AvgIpc) is 3.66. The molecule has 0 unspecified atom stereocenters. The lowest BCUT2D eigenvalue weighted by Gasteiger charge is -2.31. The van der Waals surface area contributed by atoms with E-state index in [-0.39, 0.29) is 18.1 Å². The van der Waals surface area contributed by atoms with Crippen molar-refractivity contribution in [2.75, 3.05) is 22.9 Å². The molecule has 6 rings (SSSR count). The van der Waals surface area contributed by atoms with Crippen molar-refractivity contribution in [3.8, 4) is 5.75 Å². The second-order valence-electron chi connectivity index (χ2n) is 9.77. The van der Waals surface area contributed by atoms with Gasteiger partial charge in [-0.2, -0.15) is 0 Å². The van der Waals surface area contributed by atoms with Crippen molar-refractivity contribution in [3.05, 3.63) is 60.3 Å². The quantitative estimate of drug-likeness (QED) is 0.417. The maximum absolute atomic E-state index is 13.6. The zero-order valence-corrected chi connectivity index (χ0v) is 20.0. The van der Waals surface area contributed by atoms with Crippen LogP contribution in [0.2, 0.25) is 0 Å². The maximum Gasteiger partial charge on any atom is 0.573 e. The van der Waals surface area contributed by atoms with Crippen LogP contribution in [-0.2, 0) is 11.3 Å². The van der Waals surface area contributed by atoms with Gasteiger partial charge in [0.1, 0.15) is 11.3 Å². The lowest BCUT2D eigenvalue weighted by molar-refractivity contribution is -0.274. The molecule has 0 N–H and O–H groups in total. The van der Waals surface area contributed by atoms with Gasteiger partial charge in [0.05, 0.1) is 11.2 Å². The lowest BCUT2D eigenvalue weighted by atomic mass is 10.0. The first-order valence-electron chi connectivity index (χ1n) is 12.4. The highest BCUT2D eigenvalue weighted by Crippen LogP contribution is 2.50. The first-order chi connectivity index (χ1) is 17.8. The molecule has 3 amide bonds. The van der Waals surface area contributed by atoms with Crippen LogP contribution < -0.4 is 14.5 Å². The van der Waals surface area contributed by atoms with Gasteiger partial charge in [0.15, 0.2) is 0 Å². The molecule has 1 aromatic heterocycles. The zero-order chi connectivity index (χ0) is 25.8. The third kappa shape index (κ3) is 4.14. The molecule has 7 nitrogen and oxygen atoms in total. The molecule has 3 aliphatic rings. The van der Waals surface area contributed by atoms with Crippen LogP contribution in [0.4, 0.5) is 29.3 Å². The molecule has 2 aliphatic heterocycles. The number of anilines is 2. The molecule has 2 aromatic carbocycles. The highest BCUT2D eigenvalue weighted by Gasteiger charge is 2.65. The number of ether oxygens (including phenoxy) is 1. The number of pyridine rings is 1. The Labute approximate surface area is 211 Å². The smallest absolute Gasteiger partial charge is 0.406 e. The first-order valence-corrected chi connectivity index (χ1v) is 12.4. The average molecular weight is 511 g/mol. The Morgan fingerprint density at radius 3 is 2.35 bits per heavy atom. The number of alkyl halides is 3. The summed E-state index contributed by atoms with van der Waals surface area (Å²) in [5.74, 6) is -0.765. The molecular weight excluding hydrogens is 485 g/mol. The summed E-state index contributed by atoms with van der Waals surface area (Å²) in [6, 6.07) is 12.2. The van der Waals surface area contributed by atoms with E-state index in [2.05, 4.69) is 20.7 Å². The summed E-state index contributed by atoms with van der Waals surface area (Å²) in [5, 5.41) is 0.982. The van der Waals surface area contributed by atoms with Gasteiger partial charge in [0, 0.05) is 36.9 Å². The van der Waals surface area contributed by atoms with Crippen LogP contribution in [0.15, 0.2) is 54.7 Å². The summed E-state index contributed by atoms with van der Waals surface area (Å²) in [6.45, 7) is 2.15. The third-order valence-electron chi connectivity index (χ3n) is 7.45. The summed E-state index contributed by atoms with van der Waals surface area (Å²) in [7, 11) is 0. The van der Waals surface area contributed by atoms with Gasteiger partial charge >= 0.3 is 12.4 Å². The van der Waals surface area contributed by atoms with Crippen molar-refractivity contribution in [1.82, 2.24) is 9.88 Å². The summed E-state index contributed by atoms with van der Waals surface area (Å²) >= 11 is 0. The van der Waals surface area contributed by atoms with Crippen LogP contribution in [0.1, 0.15) is 37.7 Å². The number of hydrogen-bond donors (Lipinski definition) is 0. The van der Waals surface area contributed by atoms with E-state index < -0.39 is 23.7 Å². The Morgan fingerprint density at radius 1 is 0.946 bits per heavy atom. The van der Waals surface area contributed by atoms with Crippen molar-refractivity contribution in [1.29, 1.82) is 0 Å². The number of rotatable bonds is 5. The molecular formula is C27H25F3N4O3. The van der Waals surface area contributed by atoms with Crippen LogP contribution in [0.25, 0.3) is 10.9 Å². The van der Waals surface area contributed by atoms with Gasteiger partial charge in [0.25, 0.3) is 5.91 Å². The van der Waals surface area contributed by atoms with Gasteiger partial charge in [-0.05, 0) is 80.1 Å². The number of amides is 3. The fraction of sp³-hybridized carbons (Fsp3) is 0.370. The minimum atomic E-state index is -4.82. The van der Waals surface area contributed by atoms with E-state index in [9.17, 15) is 22.8 Å². The SMILES string of the molecule is O=C1N(c2ccc(OC(F)(F)F)cc2)C(=O)C2(CC2)N1Cc1ccnc2cccc(N3CCCCC3)c12. The number of carbonyl (C=O) groups is 2. The number of urea groups is 1. The van der Waals surface area contributed by atoms with Gasteiger partial charge in [-0.25, -0.2) is 9.69 Å². The lowest BCUT2D eigenvalue weighted by Crippen LogP contribution is -2.36. The molecule has 0 bridgehead atoms. The second kappa shape index (κ2) is 8.64. The van der Waals surface area contributed by atoms with Crippen molar-refractivity contribution in [2.45, 2.75) is 50.6 Å². The molecule has 1 aliphatic carbocycles. The maximum atomic E-state index is 13.6. The number of imide groups is 1. The Balaban J connectivity index is 1.33. The Bertz CT molecular complexity index is 1360. The van der Waals surface area contributed by atoms with E-state index in [0.29, 0.717) is 12.8 Å². The summed E-state index contributed by atoms with van der Waals surface area (Å²) in [4.78, 5) is 36.6. The van der Waals surface area contributed by atoms with Crippen LogP contribution in [0, 0.1) is 0 Å². The largest absolute Gasteiger partial charge is 0.573 e. The van der Waals surface area contributed by atoms with Gasteiger partial charge < -0.3 is 14.5 Å². The molecule has 2 saturated heterocycles. The van der Waals surface area contributed by atoms with E-state index in [4.69, 9.17) is 0 Å². The van der Waals surface area contributed by atoms with Gasteiger partial charge in [-0.1, -0.05) is 6.07 Å². The second-order valence-corrected chi connectivity index (χ2v) is 9.77. The number of fused-ring (bicyclic) bond motifs is 1. The number of halogens is 3. The fourth-order valence-electron chi connectivity index (χ4n) is 5.52. The molecule has 37 heavy (non-hydrogen) atoms. The number of piperidine rings is 1. The standard InChI is InChI=1S/C27H25F3N4O3/c28-27(29,30)37-20-9-7-19(8-10-20)34-24(35)26(12-13-26)33(25(34)36)17-18-11-14-31-21-5-4-6-22(23(18)21)32-15-2-1-3-16-32/h4-11,14H,1-3,12-13,15-17H2. The van der Waals surface area contributed by atoms with Gasteiger partial charge in [-0.3, -0.25) is 9.78 Å². The van der Waals surface area contributed by atoms with Crippen LogP contribution in [0.3, 0.4) is 0 Å². The highest BCUT2D eigenvalue weighted by atomic mass is 19.4. The molecule has 1 saturated carbocycles. The molecule has 0 atom stereocenters. The molecule has 192 valence electrons. The molecule has 1 spiro atoms. The minimum absolute atomic E-state index is 0.215. The first kappa shape index (κ1) is 23.6. The van der Waals surface area contributed by atoms with Gasteiger partial charge in [0.2, 0.25) is 0 Å². The topological polar surface area (TPSA) is 66.0 Å². The molecule has 3 heterocycles. The van der Waals surface area contributed by atoms with E-state index in [1.165, 1.54) is 18.6 Å². The van der Waals surface area contributed by atoms with Crippen molar-refractivity contribution in [2.24, 2.45) is 0 Å². The molecule has 3 aromatic rings. The van der Waals surface area contributed by atoms with Crippen LogP contribution in [-0.4, -0.2) is 46.8 Å². The fourth-order valence-corrected chi connectivity index (χ4v) is 5.52. The van der Waals surface area contributed by atoms with E-state index in [1.807, 2.05) is 18.2 Å². The number of benzene rings is 2. The van der Waals surface area contributed by atoms with Crippen molar-refractivity contribution < 1.29 is 27.5 Å². The molecule has 0 radical (unpaired) electrons. The third-order valence-corrected chi connectivity index (χ3v) is 7.45. The van der Waals surface area contributed by atoms with E-state index in [1.54, 1.807) is 11.1 Å². The number of carbonyl (C=O) groups excluding carboxylic acids is 2. The van der Waals surface area contributed by atoms with Gasteiger partial charge in [-0.15, -0.1) is 13.2 Å². The molecule has 3 fully saturated rings. The Morgan fingerprint density at radius 2 is 1.68 bits per heavy atom. The Kier molecular flexibility index (Phi) is 5.50. The number of nitrogens with zero attached hydrogens (tertiary/aromatic N) is 4. The van der Waals surface area contributed by atoms with E-state index in [0.717, 1.165) is 65.1 Å². The number of hydrogen-bond acceptors (Lipinski definition) is 5. The van der Waals surface area contributed by atoms with Crippen LogP contribution in [0.5, 0.6) is 5.75 Å². The molecule has 10 heteroatoms. The highest BCUT2D eigenvalue weighted by molar-refractivity contribution is 6.24. The van der Waals surface area contributed by atoms with E-state index >= 15 is 0 Å². The predicted molar refractivity (Wildman–Crippen MR) is 131 cm³/mol. The summed E-state index contributed by atoms with van der Waals surface area (Å²) in [5.41, 5.74) is 2.12. The summed E-state index contributed by atoms with van der Waals surface area (Å²) in [6.07, 6.45) is 1.44. The predicted octanol–water partition coefficient (Wildman–Crippen LogP) is 5.63. The van der Waals surface area contributed by atoms with Crippen LogP contribution >= 0.6 is 0 Å². The zero-order valence-electron chi connectivity index (χ0n) is 20.0.